The smallest absolute Gasteiger partial charge is 0.184 e. The molecule has 1 saturated heterocycles. The Morgan fingerprint density at radius 3 is 2.81 bits per heavy atom. The molecule has 7 nitrogen and oxygen atoms in total. The number of morpholine rings is 1. The van der Waals surface area contributed by atoms with Crippen molar-refractivity contribution >= 4 is 28.1 Å². The number of benzene rings is 2. The lowest BCUT2D eigenvalue weighted by Gasteiger charge is -2.26. The van der Waals surface area contributed by atoms with E-state index in [1.54, 1.807) is 6.20 Å². The van der Waals surface area contributed by atoms with Gasteiger partial charge < -0.3 is 14.6 Å². The summed E-state index contributed by atoms with van der Waals surface area (Å²) < 4.78 is 13.3. The van der Waals surface area contributed by atoms with E-state index < -0.39 is 0 Å². The predicted octanol–water partition coefficient (Wildman–Crippen LogP) is 5.07. The van der Waals surface area contributed by atoms with Crippen LogP contribution < -0.4 is 5.32 Å². The molecule has 0 amide bonds. The minimum absolute atomic E-state index is 0.681. The van der Waals surface area contributed by atoms with E-state index in [-0.39, 0.29) is 0 Å². The highest BCUT2D eigenvalue weighted by atomic mass is 16.5. The molecule has 3 aromatic heterocycles. The quantitative estimate of drug-likeness (QED) is 0.365. The van der Waals surface area contributed by atoms with Crippen molar-refractivity contribution in [1.82, 2.24) is 19.4 Å². The second kappa shape index (κ2) is 9.50. The van der Waals surface area contributed by atoms with Gasteiger partial charge in [0.25, 0.3) is 0 Å². The minimum atomic E-state index is 0.681. The molecule has 1 N–H and O–H groups in total. The summed E-state index contributed by atoms with van der Waals surface area (Å²) in [4.78, 5) is 6.84. The SMILES string of the molecule is Cc1cc(CN2CCOCC2)cc(Nc2noc3c(C#Cc4cnc5ccccn45)c(C)ccc23)c1. The third-order valence-corrected chi connectivity index (χ3v) is 6.49. The Labute approximate surface area is 209 Å². The fourth-order valence-corrected chi connectivity index (χ4v) is 4.68. The van der Waals surface area contributed by atoms with Crippen molar-refractivity contribution in [2.75, 3.05) is 31.6 Å². The van der Waals surface area contributed by atoms with E-state index in [0.29, 0.717) is 11.4 Å². The van der Waals surface area contributed by atoms with E-state index >= 15 is 0 Å². The average Bonchev–Trinajstić information content (AvgIpc) is 3.48. The molecule has 5 aromatic rings. The zero-order chi connectivity index (χ0) is 24.5. The second-order valence-electron chi connectivity index (χ2n) is 9.21. The van der Waals surface area contributed by atoms with Crippen LogP contribution in [0.15, 0.2) is 65.4 Å². The number of nitrogens with one attached hydrogen (secondary N) is 1. The molecule has 0 bridgehead atoms. The van der Waals surface area contributed by atoms with E-state index in [9.17, 15) is 0 Å². The number of fused-ring (bicyclic) bond motifs is 2. The number of nitrogens with zero attached hydrogens (tertiary/aromatic N) is 4. The molecule has 7 heteroatoms. The molecule has 2 aromatic carbocycles. The molecule has 6 rings (SSSR count). The fourth-order valence-electron chi connectivity index (χ4n) is 4.68. The van der Waals surface area contributed by atoms with Gasteiger partial charge in [0.2, 0.25) is 0 Å². The van der Waals surface area contributed by atoms with Gasteiger partial charge in [0.05, 0.1) is 30.4 Å². The van der Waals surface area contributed by atoms with E-state index in [1.165, 1.54) is 11.1 Å². The molecule has 4 heterocycles. The molecule has 0 atom stereocenters. The first kappa shape index (κ1) is 22.4. The standard InChI is InChI=1S/C29H27N5O2/c1-20-15-22(19-33-11-13-35-14-12-33)17-23(16-20)31-29-26-8-6-21(2)25(28(26)36-32-29)9-7-24-18-30-27-5-3-4-10-34(24)27/h3-6,8,10,15-18H,11-14,19H2,1-2H3,(H,31,32). The first-order chi connectivity index (χ1) is 17.6. The van der Waals surface area contributed by atoms with Crippen LogP contribution in [0.25, 0.3) is 16.6 Å². The number of hydrogen-bond donors (Lipinski definition) is 1. The fraction of sp³-hybridized carbons (Fsp3) is 0.241. The Hall–Kier alpha value is -4.12. The molecule has 36 heavy (non-hydrogen) atoms. The highest BCUT2D eigenvalue weighted by Crippen LogP contribution is 2.30. The zero-order valence-corrected chi connectivity index (χ0v) is 20.4. The van der Waals surface area contributed by atoms with Crippen molar-refractivity contribution in [2.24, 2.45) is 0 Å². The van der Waals surface area contributed by atoms with E-state index in [2.05, 4.69) is 63.4 Å². The van der Waals surface area contributed by atoms with Gasteiger partial charge in [0, 0.05) is 31.5 Å². The maximum atomic E-state index is 5.81. The van der Waals surface area contributed by atoms with Crippen molar-refractivity contribution in [3.63, 3.8) is 0 Å². The van der Waals surface area contributed by atoms with Crippen molar-refractivity contribution in [2.45, 2.75) is 20.4 Å². The van der Waals surface area contributed by atoms with Gasteiger partial charge in [-0.15, -0.1) is 0 Å². The number of aryl methyl sites for hydroxylation is 2. The summed E-state index contributed by atoms with van der Waals surface area (Å²) in [6.45, 7) is 8.57. The van der Waals surface area contributed by atoms with E-state index in [0.717, 1.165) is 66.4 Å². The van der Waals surface area contributed by atoms with Gasteiger partial charge in [-0.2, -0.15) is 0 Å². The Kier molecular flexibility index (Phi) is 5.90. The summed E-state index contributed by atoms with van der Waals surface area (Å²) in [6, 6.07) is 16.5. The van der Waals surface area contributed by atoms with Gasteiger partial charge >= 0.3 is 0 Å². The number of imidazole rings is 1. The molecule has 0 unspecified atom stereocenters. The summed E-state index contributed by atoms with van der Waals surface area (Å²) in [6.07, 6.45) is 3.75. The van der Waals surface area contributed by atoms with Crippen LogP contribution in [0.3, 0.4) is 0 Å². The molecular formula is C29H27N5O2. The van der Waals surface area contributed by atoms with Crippen LogP contribution in [0.5, 0.6) is 0 Å². The van der Waals surface area contributed by atoms with Gasteiger partial charge in [-0.25, -0.2) is 4.98 Å². The Morgan fingerprint density at radius 1 is 1.03 bits per heavy atom. The normalized spacial score (nSPS) is 14.2. The van der Waals surface area contributed by atoms with Crippen molar-refractivity contribution in [3.8, 4) is 11.8 Å². The largest absolute Gasteiger partial charge is 0.379 e. The summed E-state index contributed by atoms with van der Waals surface area (Å²) in [7, 11) is 0. The second-order valence-corrected chi connectivity index (χ2v) is 9.21. The molecule has 1 aliphatic rings. The first-order valence-electron chi connectivity index (χ1n) is 12.1. The minimum Gasteiger partial charge on any atom is -0.379 e. The molecule has 0 aliphatic carbocycles. The van der Waals surface area contributed by atoms with E-state index in [4.69, 9.17) is 9.26 Å². The summed E-state index contributed by atoms with van der Waals surface area (Å²) in [5.41, 5.74) is 7.70. The topological polar surface area (TPSA) is 67.8 Å². The lowest BCUT2D eigenvalue weighted by molar-refractivity contribution is 0.0342. The van der Waals surface area contributed by atoms with Crippen LogP contribution in [0.4, 0.5) is 11.5 Å². The molecule has 0 saturated carbocycles. The maximum Gasteiger partial charge on any atom is 0.184 e. The lowest BCUT2D eigenvalue weighted by atomic mass is 10.1. The number of anilines is 2. The monoisotopic (exact) mass is 477 g/mol. The average molecular weight is 478 g/mol. The molecule has 0 radical (unpaired) electrons. The Morgan fingerprint density at radius 2 is 1.92 bits per heavy atom. The number of pyridine rings is 1. The molecule has 0 spiro atoms. The van der Waals surface area contributed by atoms with Crippen LogP contribution in [-0.2, 0) is 11.3 Å². The predicted molar refractivity (Wildman–Crippen MR) is 140 cm³/mol. The van der Waals surface area contributed by atoms with E-state index in [1.807, 2.05) is 41.8 Å². The summed E-state index contributed by atoms with van der Waals surface area (Å²) in [5.74, 6) is 7.25. The van der Waals surface area contributed by atoms with Crippen LogP contribution in [-0.4, -0.2) is 45.7 Å². The molecule has 1 aliphatic heterocycles. The maximum absolute atomic E-state index is 5.81. The number of rotatable bonds is 4. The lowest BCUT2D eigenvalue weighted by Crippen LogP contribution is -2.35. The van der Waals surface area contributed by atoms with Crippen LogP contribution in [0, 0.1) is 25.7 Å². The number of ether oxygens (including phenoxy) is 1. The third-order valence-electron chi connectivity index (χ3n) is 6.49. The Bertz CT molecular complexity index is 1620. The first-order valence-corrected chi connectivity index (χ1v) is 12.1. The number of hydrogen-bond acceptors (Lipinski definition) is 6. The van der Waals surface area contributed by atoms with Gasteiger partial charge in [-0.05, 0) is 66.8 Å². The highest BCUT2D eigenvalue weighted by Gasteiger charge is 2.15. The van der Waals surface area contributed by atoms with Crippen LogP contribution in [0.2, 0.25) is 0 Å². The van der Waals surface area contributed by atoms with Gasteiger partial charge in [0.15, 0.2) is 11.4 Å². The van der Waals surface area contributed by atoms with Gasteiger partial charge in [-0.1, -0.05) is 29.3 Å². The summed E-state index contributed by atoms with van der Waals surface area (Å²) in [5, 5.41) is 8.74. The zero-order valence-electron chi connectivity index (χ0n) is 20.4. The summed E-state index contributed by atoms with van der Waals surface area (Å²) >= 11 is 0. The molecular weight excluding hydrogens is 450 g/mol. The third kappa shape index (κ3) is 4.44. The van der Waals surface area contributed by atoms with Gasteiger partial charge in [0.1, 0.15) is 11.3 Å². The van der Waals surface area contributed by atoms with Crippen LogP contribution in [0.1, 0.15) is 27.9 Å². The molecule has 1 fully saturated rings. The van der Waals surface area contributed by atoms with Gasteiger partial charge in [-0.3, -0.25) is 9.30 Å². The van der Waals surface area contributed by atoms with Crippen molar-refractivity contribution in [1.29, 1.82) is 0 Å². The Balaban J connectivity index is 1.30. The van der Waals surface area contributed by atoms with Crippen molar-refractivity contribution < 1.29 is 9.26 Å². The molecule has 180 valence electrons. The highest BCUT2D eigenvalue weighted by molar-refractivity contribution is 5.94. The number of aromatic nitrogens is 3. The van der Waals surface area contributed by atoms with Crippen molar-refractivity contribution in [3.05, 3.63) is 88.9 Å². The van der Waals surface area contributed by atoms with Crippen LogP contribution >= 0.6 is 0 Å².